The number of aromatic nitrogens is 3. The number of anilines is 1. The lowest BCUT2D eigenvalue weighted by Crippen LogP contribution is -2.12. The smallest absolute Gasteiger partial charge is 0.227 e. The summed E-state index contributed by atoms with van der Waals surface area (Å²) in [5, 5.41) is 7.33. The molecule has 0 fully saturated rings. The summed E-state index contributed by atoms with van der Waals surface area (Å²) in [6.45, 7) is 4.04. The summed E-state index contributed by atoms with van der Waals surface area (Å²) in [5.41, 5.74) is 1.85. The predicted octanol–water partition coefficient (Wildman–Crippen LogP) is 4.03. The minimum atomic E-state index is -0.125. The normalized spacial score (nSPS) is 10.8. The summed E-state index contributed by atoms with van der Waals surface area (Å²) < 4.78 is 10.3. The maximum atomic E-state index is 12.2. The Balaban J connectivity index is 1.59. The topological polar surface area (TPSA) is 90.1 Å². The average Bonchev–Trinajstić information content (AvgIpc) is 3.27. The van der Waals surface area contributed by atoms with Gasteiger partial charge >= 0.3 is 0 Å². The third-order valence-electron chi connectivity index (χ3n) is 3.96. The van der Waals surface area contributed by atoms with E-state index in [0.717, 1.165) is 34.7 Å². The van der Waals surface area contributed by atoms with E-state index in [2.05, 4.69) is 27.4 Å². The first kappa shape index (κ1) is 19.0. The van der Waals surface area contributed by atoms with Crippen LogP contribution in [0.2, 0.25) is 0 Å². The fourth-order valence-electron chi connectivity index (χ4n) is 2.59. The molecule has 1 amide bonds. The summed E-state index contributed by atoms with van der Waals surface area (Å²) in [4.78, 5) is 22.1. The first-order valence-electron chi connectivity index (χ1n) is 8.82. The van der Waals surface area contributed by atoms with Crippen LogP contribution in [0.3, 0.4) is 0 Å². The van der Waals surface area contributed by atoms with E-state index in [1.165, 1.54) is 11.3 Å². The Kier molecular flexibility index (Phi) is 6.18. The molecule has 0 radical (unpaired) electrons. The van der Waals surface area contributed by atoms with Gasteiger partial charge in [-0.25, -0.2) is 4.98 Å². The molecule has 3 rings (SSSR count). The van der Waals surface area contributed by atoms with Crippen LogP contribution in [0.4, 0.5) is 5.13 Å². The maximum Gasteiger partial charge on any atom is 0.227 e. The number of rotatable bonds is 8. The molecule has 2 heterocycles. The van der Waals surface area contributed by atoms with Crippen molar-refractivity contribution < 1.29 is 14.1 Å². The van der Waals surface area contributed by atoms with E-state index in [-0.39, 0.29) is 12.3 Å². The van der Waals surface area contributed by atoms with Crippen molar-refractivity contribution in [2.24, 2.45) is 0 Å². The van der Waals surface area contributed by atoms with Crippen molar-refractivity contribution in [2.45, 2.75) is 39.5 Å². The highest BCUT2D eigenvalue weighted by molar-refractivity contribution is 7.16. The second kappa shape index (κ2) is 8.77. The van der Waals surface area contributed by atoms with Crippen molar-refractivity contribution in [1.29, 1.82) is 0 Å². The monoisotopic (exact) mass is 386 g/mol. The molecule has 0 saturated heterocycles. The van der Waals surface area contributed by atoms with Gasteiger partial charge in [0.15, 0.2) is 11.0 Å². The van der Waals surface area contributed by atoms with Gasteiger partial charge in [-0.15, -0.1) is 11.3 Å². The molecular weight excluding hydrogens is 364 g/mol. The molecule has 0 atom stereocenters. The Labute approximate surface area is 161 Å². The highest BCUT2D eigenvalue weighted by Gasteiger charge is 2.14. The number of nitrogens with zero attached hydrogens (tertiary/aromatic N) is 3. The molecular formula is C19H22N4O3S. The SMILES string of the molecule is CCCc1noc(CCC(=O)Nc2nc(-c3ccc(OC)cc3)c(C)s2)n1. The van der Waals surface area contributed by atoms with Crippen molar-refractivity contribution in [3.8, 4) is 17.0 Å². The Morgan fingerprint density at radius 2 is 2.00 bits per heavy atom. The lowest BCUT2D eigenvalue weighted by molar-refractivity contribution is -0.116. The molecule has 3 aromatic rings. The quantitative estimate of drug-likeness (QED) is 0.628. The minimum absolute atomic E-state index is 0.125. The van der Waals surface area contributed by atoms with Gasteiger partial charge in [0.1, 0.15) is 5.75 Å². The Morgan fingerprint density at radius 3 is 2.70 bits per heavy atom. The number of nitrogens with one attached hydrogen (secondary N) is 1. The largest absolute Gasteiger partial charge is 0.497 e. The first-order chi connectivity index (χ1) is 13.1. The second-order valence-corrected chi connectivity index (χ2v) is 7.26. The number of hydrogen-bond acceptors (Lipinski definition) is 7. The van der Waals surface area contributed by atoms with Crippen LogP contribution in [-0.2, 0) is 17.6 Å². The summed E-state index contributed by atoms with van der Waals surface area (Å²) >= 11 is 1.45. The van der Waals surface area contributed by atoms with Gasteiger partial charge in [0.2, 0.25) is 11.8 Å². The number of thiazole rings is 1. The lowest BCUT2D eigenvalue weighted by Gasteiger charge is -2.02. The molecule has 0 unspecified atom stereocenters. The van der Waals surface area contributed by atoms with Crippen LogP contribution in [0.25, 0.3) is 11.3 Å². The Morgan fingerprint density at radius 1 is 1.22 bits per heavy atom. The molecule has 0 aliphatic heterocycles. The van der Waals surface area contributed by atoms with Crippen LogP contribution < -0.4 is 10.1 Å². The summed E-state index contributed by atoms with van der Waals surface area (Å²) in [6.07, 6.45) is 2.42. The lowest BCUT2D eigenvalue weighted by atomic mass is 10.1. The molecule has 0 aliphatic rings. The fourth-order valence-corrected chi connectivity index (χ4v) is 3.44. The molecule has 142 valence electrons. The molecule has 0 bridgehead atoms. The number of aryl methyl sites for hydroxylation is 3. The van der Waals surface area contributed by atoms with E-state index < -0.39 is 0 Å². The standard InChI is InChI=1S/C19H22N4O3S/c1-4-5-15-20-17(26-23-15)11-10-16(24)21-19-22-18(12(2)27-19)13-6-8-14(25-3)9-7-13/h6-9H,4-5,10-11H2,1-3H3,(H,21,22,24). The summed E-state index contributed by atoms with van der Waals surface area (Å²) in [6, 6.07) is 7.69. The molecule has 0 saturated carbocycles. The molecule has 27 heavy (non-hydrogen) atoms. The number of benzene rings is 1. The molecule has 1 N–H and O–H groups in total. The predicted molar refractivity (Wildman–Crippen MR) is 104 cm³/mol. The third-order valence-corrected chi connectivity index (χ3v) is 4.84. The van der Waals surface area contributed by atoms with Crippen molar-refractivity contribution in [3.63, 3.8) is 0 Å². The number of carbonyl (C=O) groups is 1. The third kappa shape index (κ3) is 4.91. The highest BCUT2D eigenvalue weighted by Crippen LogP contribution is 2.31. The van der Waals surface area contributed by atoms with E-state index in [0.29, 0.717) is 23.3 Å². The zero-order valence-corrected chi connectivity index (χ0v) is 16.4. The number of methoxy groups -OCH3 is 1. The van der Waals surface area contributed by atoms with Crippen LogP contribution in [0.1, 0.15) is 36.4 Å². The van der Waals surface area contributed by atoms with Gasteiger partial charge in [-0.1, -0.05) is 12.1 Å². The van der Waals surface area contributed by atoms with Gasteiger partial charge < -0.3 is 14.6 Å². The van der Waals surface area contributed by atoms with Gasteiger partial charge in [-0.2, -0.15) is 4.98 Å². The summed E-state index contributed by atoms with van der Waals surface area (Å²) in [5.74, 6) is 1.85. The van der Waals surface area contributed by atoms with Crippen molar-refractivity contribution >= 4 is 22.4 Å². The minimum Gasteiger partial charge on any atom is -0.497 e. The molecule has 2 aromatic heterocycles. The number of ether oxygens (including phenoxy) is 1. The van der Waals surface area contributed by atoms with Crippen LogP contribution in [0.5, 0.6) is 5.75 Å². The fraction of sp³-hybridized carbons (Fsp3) is 0.368. The first-order valence-corrected chi connectivity index (χ1v) is 9.64. The number of carbonyl (C=O) groups excluding carboxylic acids is 1. The van der Waals surface area contributed by atoms with E-state index in [9.17, 15) is 4.79 Å². The van der Waals surface area contributed by atoms with Crippen molar-refractivity contribution in [2.75, 3.05) is 12.4 Å². The summed E-state index contributed by atoms with van der Waals surface area (Å²) in [7, 11) is 1.63. The highest BCUT2D eigenvalue weighted by atomic mass is 32.1. The van der Waals surface area contributed by atoms with E-state index in [1.54, 1.807) is 7.11 Å². The van der Waals surface area contributed by atoms with Crippen LogP contribution in [0.15, 0.2) is 28.8 Å². The molecule has 0 spiro atoms. The van der Waals surface area contributed by atoms with Gasteiger partial charge in [0.25, 0.3) is 0 Å². The Bertz CT molecular complexity index is 902. The van der Waals surface area contributed by atoms with Gasteiger partial charge in [0.05, 0.1) is 12.8 Å². The molecule has 1 aromatic carbocycles. The van der Waals surface area contributed by atoms with E-state index in [1.807, 2.05) is 31.2 Å². The maximum absolute atomic E-state index is 12.2. The van der Waals surface area contributed by atoms with Crippen LogP contribution >= 0.6 is 11.3 Å². The molecule has 7 nitrogen and oxygen atoms in total. The van der Waals surface area contributed by atoms with Crippen LogP contribution in [-0.4, -0.2) is 28.1 Å². The van der Waals surface area contributed by atoms with Gasteiger partial charge in [0, 0.05) is 29.7 Å². The van der Waals surface area contributed by atoms with Gasteiger partial charge in [-0.3, -0.25) is 4.79 Å². The second-order valence-electron chi connectivity index (χ2n) is 6.05. The van der Waals surface area contributed by atoms with Crippen LogP contribution in [0, 0.1) is 6.92 Å². The van der Waals surface area contributed by atoms with E-state index >= 15 is 0 Å². The number of hydrogen-bond donors (Lipinski definition) is 1. The van der Waals surface area contributed by atoms with E-state index in [4.69, 9.17) is 9.26 Å². The molecule has 8 heteroatoms. The van der Waals surface area contributed by atoms with Crippen molar-refractivity contribution in [1.82, 2.24) is 15.1 Å². The van der Waals surface area contributed by atoms with Crippen molar-refractivity contribution in [3.05, 3.63) is 40.9 Å². The zero-order valence-electron chi connectivity index (χ0n) is 15.6. The number of amides is 1. The average molecular weight is 386 g/mol. The zero-order chi connectivity index (χ0) is 19.2. The van der Waals surface area contributed by atoms with Gasteiger partial charge in [-0.05, 0) is 37.6 Å². The Hall–Kier alpha value is -2.74. The molecule has 0 aliphatic carbocycles.